The van der Waals surface area contributed by atoms with Gasteiger partial charge >= 0.3 is 0 Å². The van der Waals surface area contributed by atoms with Crippen molar-refractivity contribution in [1.29, 1.82) is 0 Å². The number of halogens is 1. The fourth-order valence-electron chi connectivity index (χ4n) is 2.11. The van der Waals surface area contributed by atoms with Crippen molar-refractivity contribution in [3.05, 3.63) is 63.2 Å². The van der Waals surface area contributed by atoms with E-state index in [9.17, 15) is 4.79 Å². The number of anilines is 1. The normalized spacial score (nSPS) is 15.1. The van der Waals surface area contributed by atoms with Crippen molar-refractivity contribution in [3.63, 3.8) is 0 Å². The summed E-state index contributed by atoms with van der Waals surface area (Å²) in [7, 11) is 0. The van der Waals surface area contributed by atoms with Gasteiger partial charge in [-0.25, -0.2) is 0 Å². The summed E-state index contributed by atoms with van der Waals surface area (Å²) in [6.07, 6.45) is -0.287. The first-order valence-electron chi connectivity index (χ1n) is 6.62. The second-order valence-corrected chi connectivity index (χ2v) is 5.91. The lowest BCUT2D eigenvalue weighted by Gasteiger charge is -2.10. The number of benzene rings is 2. The minimum absolute atomic E-state index is 0.116. The highest BCUT2D eigenvalue weighted by Crippen LogP contribution is 2.24. The SMILES string of the molecule is O=C(Nc1ccc(C2OCCO2)cc1)c1cccc(I)c1. The molecule has 4 nitrogen and oxygen atoms in total. The van der Waals surface area contributed by atoms with Gasteiger partial charge in [0.1, 0.15) is 0 Å². The zero-order chi connectivity index (χ0) is 14.7. The summed E-state index contributed by atoms with van der Waals surface area (Å²) in [5.41, 5.74) is 2.36. The molecule has 5 heteroatoms. The Morgan fingerprint density at radius 1 is 1.10 bits per heavy atom. The van der Waals surface area contributed by atoms with E-state index < -0.39 is 0 Å². The van der Waals surface area contributed by atoms with Crippen molar-refractivity contribution >= 4 is 34.2 Å². The van der Waals surface area contributed by atoms with E-state index >= 15 is 0 Å². The van der Waals surface area contributed by atoms with Gasteiger partial charge in [-0.1, -0.05) is 18.2 Å². The molecule has 1 aliphatic rings. The molecule has 0 unspecified atom stereocenters. The van der Waals surface area contributed by atoms with Gasteiger partial charge < -0.3 is 14.8 Å². The summed E-state index contributed by atoms with van der Waals surface area (Å²) in [5, 5.41) is 2.88. The number of amides is 1. The summed E-state index contributed by atoms with van der Waals surface area (Å²) >= 11 is 2.19. The van der Waals surface area contributed by atoms with Crippen molar-refractivity contribution in [1.82, 2.24) is 0 Å². The van der Waals surface area contributed by atoms with Crippen LogP contribution in [0.25, 0.3) is 0 Å². The maximum Gasteiger partial charge on any atom is 0.255 e. The lowest BCUT2D eigenvalue weighted by molar-refractivity contribution is -0.0441. The number of carbonyl (C=O) groups excluding carboxylic acids is 1. The maximum atomic E-state index is 12.1. The number of carbonyl (C=O) groups is 1. The van der Waals surface area contributed by atoms with E-state index in [0.717, 1.165) is 14.8 Å². The van der Waals surface area contributed by atoms with E-state index in [1.807, 2.05) is 42.5 Å². The van der Waals surface area contributed by atoms with Crippen LogP contribution >= 0.6 is 22.6 Å². The number of ether oxygens (including phenoxy) is 2. The number of nitrogens with one attached hydrogen (secondary N) is 1. The van der Waals surface area contributed by atoms with Crippen molar-refractivity contribution in [3.8, 4) is 0 Å². The summed E-state index contributed by atoms with van der Waals surface area (Å²) in [6.45, 7) is 1.24. The van der Waals surface area contributed by atoms with Crippen LogP contribution in [0.4, 0.5) is 5.69 Å². The van der Waals surface area contributed by atoms with Crippen LogP contribution in [0.3, 0.4) is 0 Å². The molecule has 0 spiro atoms. The summed E-state index contributed by atoms with van der Waals surface area (Å²) in [4.78, 5) is 12.1. The highest BCUT2D eigenvalue weighted by atomic mass is 127. The Kier molecular flexibility index (Phi) is 4.52. The van der Waals surface area contributed by atoms with Crippen LogP contribution in [0.5, 0.6) is 0 Å². The molecule has 0 aliphatic carbocycles. The van der Waals surface area contributed by atoms with E-state index in [1.165, 1.54) is 0 Å². The third-order valence-electron chi connectivity index (χ3n) is 3.15. The molecule has 21 heavy (non-hydrogen) atoms. The molecule has 1 amide bonds. The van der Waals surface area contributed by atoms with E-state index in [0.29, 0.717) is 18.8 Å². The average Bonchev–Trinajstić information content (AvgIpc) is 3.02. The predicted octanol–water partition coefficient (Wildman–Crippen LogP) is 3.59. The second kappa shape index (κ2) is 6.55. The Labute approximate surface area is 136 Å². The van der Waals surface area contributed by atoms with Gasteiger partial charge in [-0.2, -0.15) is 0 Å². The van der Waals surface area contributed by atoms with Gasteiger partial charge in [0.15, 0.2) is 6.29 Å². The minimum atomic E-state index is -0.287. The van der Waals surface area contributed by atoms with Gasteiger partial charge in [-0.3, -0.25) is 4.79 Å². The molecule has 0 radical (unpaired) electrons. The first kappa shape index (κ1) is 14.5. The first-order valence-corrected chi connectivity index (χ1v) is 7.70. The molecular formula is C16H14INO3. The van der Waals surface area contributed by atoms with Crippen LogP contribution in [0.2, 0.25) is 0 Å². The standard InChI is InChI=1S/C16H14INO3/c17-13-3-1-2-12(10-13)15(19)18-14-6-4-11(5-7-14)16-20-8-9-21-16/h1-7,10,16H,8-9H2,(H,18,19). The molecule has 0 saturated carbocycles. The molecule has 3 rings (SSSR count). The maximum absolute atomic E-state index is 12.1. The smallest absolute Gasteiger partial charge is 0.255 e. The van der Waals surface area contributed by atoms with Gasteiger partial charge in [0.05, 0.1) is 13.2 Å². The van der Waals surface area contributed by atoms with Crippen molar-refractivity contribution < 1.29 is 14.3 Å². The van der Waals surface area contributed by atoms with E-state index in [-0.39, 0.29) is 12.2 Å². The van der Waals surface area contributed by atoms with E-state index in [4.69, 9.17) is 9.47 Å². The first-order chi connectivity index (χ1) is 10.2. The van der Waals surface area contributed by atoms with Gasteiger partial charge in [0.2, 0.25) is 0 Å². The zero-order valence-corrected chi connectivity index (χ0v) is 13.4. The molecule has 1 heterocycles. The van der Waals surface area contributed by atoms with Crippen LogP contribution in [0, 0.1) is 3.57 Å². The molecule has 2 aromatic carbocycles. The molecule has 1 aliphatic heterocycles. The summed E-state index contributed by atoms with van der Waals surface area (Å²) in [5.74, 6) is -0.116. The predicted molar refractivity (Wildman–Crippen MR) is 88.2 cm³/mol. The zero-order valence-electron chi connectivity index (χ0n) is 11.2. The van der Waals surface area contributed by atoms with Gasteiger partial charge in [0.25, 0.3) is 5.91 Å². The summed E-state index contributed by atoms with van der Waals surface area (Å²) in [6, 6.07) is 15.0. The van der Waals surface area contributed by atoms with Crippen molar-refractivity contribution in [2.75, 3.05) is 18.5 Å². The molecule has 1 saturated heterocycles. The lowest BCUT2D eigenvalue weighted by atomic mass is 10.2. The number of rotatable bonds is 3. The molecule has 0 aromatic heterocycles. The Hall–Kier alpha value is -1.44. The minimum Gasteiger partial charge on any atom is -0.346 e. The highest BCUT2D eigenvalue weighted by molar-refractivity contribution is 14.1. The second-order valence-electron chi connectivity index (χ2n) is 4.66. The Bertz CT molecular complexity index is 636. The molecule has 0 atom stereocenters. The number of hydrogen-bond donors (Lipinski definition) is 1. The molecular weight excluding hydrogens is 381 g/mol. The quantitative estimate of drug-likeness (QED) is 0.809. The van der Waals surface area contributed by atoms with Gasteiger partial charge in [0, 0.05) is 20.4 Å². The topological polar surface area (TPSA) is 47.6 Å². The van der Waals surface area contributed by atoms with Gasteiger partial charge in [-0.15, -0.1) is 0 Å². The molecule has 0 bridgehead atoms. The molecule has 1 N–H and O–H groups in total. The largest absolute Gasteiger partial charge is 0.346 e. The van der Waals surface area contributed by atoms with E-state index in [1.54, 1.807) is 6.07 Å². The monoisotopic (exact) mass is 395 g/mol. The van der Waals surface area contributed by atoms with Crippen LogP contribution in [0.15, 0.2) is 48.5 Å². The fraction of sp³-hybridized carbons (Fsp3) is 0.188. The van der Waals surface area contributed by atoms with Crippen LogP contribution in [-0.4, -0.2) is 19.1 Å². The fourth-order valence-corrected chi connectivity index (χ4v) is 2.65. The van der Waals surface area contributed by atoms with Crippen LogP contribution in [-0.2, 0) is 9.47 Å². The Balaban J connectivity index is 1.68. The average molecular weight is 395 g/mol. The molecule has 108 valence electrons. The Morgan fingerprint density at radius 2 is 1.81 bits per heavy atom. The van der Waals surface area contributed by atoms with Crippen molar-refractivity contribution in [2.24, 2.45) is 0 Å². The molecule has 1 fully saturated rings. The van der Waals surface area contributed by atoms with Crippen LogP contribution < -0.4 is 5.32 Å². The third-order valence-corrected chi connectivity index (χ3v) is 3.82. The summed E-state index contributed by atoms with van der Waals surface area (Å²) < 4.78 is 11.9. The van der Waals surface area contributed by atoms with Crippen LogP contribution in [0.1, 0.15) is 22.2 Å². The van der Waals surface area contributed by atoms with Gasteiger partial charge in [-0.05, 0) is 52.9 Å². The third kappa shape index (κ3) is 3.61. The van der Waals surface area contributed by atoms with Crippen molar-refractivity contribution in [2.45, 2.75) is 6.29 Å². The lowest BCUT2D eigenvalue weighted by Crippen LogP contribution is -2.12. The number of hydrogen-bond acceptors (Lipinski definition) is 3. The van der Waals surface area contributed by atoms with E-state index in [2.05, 4.69) is 27.9 Å². The Morgan fingerprint density at radius 3 is 2.48 bits per heavy atom. The molecule has 2 aromatic rings. The highest BCUT2D eigenvalue weighted by Gasteiger charge is 2.17.